The minimum Gasteiger partial charge on any atom is -0.494 e. The Morgan fingerprint density at radius 2 is 1.82 bits per heavy atom. The summed E-state index contributed by atoms with van der Waals surface area (Å²) in [4.78, 5) is 26.0. The zero-order valence-electron chi connectivity index (χ0n) is 18.8. The van der Waals surface area contributed by atoms with Crippen LogP contribution in [0.15, 0.2) is 40.2 Å². The first-order chi connectivity index (χ1) is 15.9. The number of carbonyl (C=O) groups is 1. The van der Waals surface area contributed by atoms with Crippen molar-refractivity contribution in [3.63, 3.8) is 0 Å². The molecule has 4 aliphatic rings. The van der Waals surface area contributed by atoms with Crippen LogP contribution in [-0.4, -0.2) is 21.8 Å². The molecule has 0 radical (unpaired) electrons. The van der Waals surface area contributed by atoms with Crippen LogP contribution in [0.3, 0.4) is 0 Å². The highest BCUT2D eigenvalue weighted by Gasteiger charge is 2.54. The number of nitriles is 1. The molecule has 2 aromatic rings. The molecule has 4 saturated carbocycles. The maximum atomic E-state index is 13.1. The third-order valence-electron chi connectivity index (χ3n) is 7.91. The maximum absolute atomic E-state index is 13.1. The number of hydrogen-bond acceptors (Lipinski definition) is 5. The van der Waals surface area contributed by atoms with E-state index in [4.69, 9.17) is 0 Å². The van der Waals surface area contributed by atoms with Crippen molar-refractivity contribution in [2.75, 3.05) is 0 Å². The molecule has 1 amide bonds. The van der Waals surface area contributed by atoms with Crippen molar-refractivity contribution >= 4 is 12.1 Å². The lowest BCUT2D eigenvalue weighted by Crippen LogP contribution is -2.52. The van der Waals surface area contributed by atoms with Crippen LogP contribution >= 0.6 is 0 Å². The second-order valence-corrected chi connectivity index (χ2v) is 10.1. The van der Waals surface area contributed by atoms with Gasteiger partial charge in [0.1, 0.15) is 11.6 Å². The second-order valence-electron chi connectivity index (χ2n) is 10.1. The number of hydrazone groups is 1. The Labute approximate surface area is 192 Å². The zero-order valence-corrected chi connectivity index (χ0v) is 18.8. The summed E-state index contributed by atoms with van der Waals surface area (Å²) in [6.45, 7) is 1.73. The third-order valence-corrected chi connectivity index (χ3v) is 7.91. The first kappa shape index (κ1) is 21.4. The van der Waals surface area contributed by atoms with Crippen molar-refractivity contribution in [2.45, 2.75) is 52.0 Å². The molecule has 0 aliphatic heterocycles. The average Bonchev–Trinajstić information content (AvgIpc) is 2.79. The van der Waals surface area contributed by atoms with Crippen LogP contribution in [0, 0.1) is 41.4 Å². The summed E-state index contributed by atoms with van der Waals surface area (Å²) >= 11 is 0. The number of nitrogens with zero attached hydrogens (tertiary/aromatic N) is 3. The predicted octanol–water partition coefficient (Wildman–Crippen LogP) is 3.45. The number of nitrogens with one attached hydrogen (secondary N) is 1. The molecule has 4 fully saturated rings. The Hall–Kier alpha value is -3.40. The number of amides is 1. The monoisotopic (exact) mass is 444 g/mol. The Morgan fingerprint density at radius 1 is 1.21 bits per heavy atom. The normalized spacial score (nSPS) is 27.6. The minimum atomic E-state index is -0.550. The van der Waals surface area contributed by atoms with Gasteiger partial charge in [-0.05, 0) is 74.3 Å². The summed E-state index contributed by atoms with van der Waals surface area (Å²) in [6.07, 6.45) is 7.92. The van der Waals surface area contributed by atoms with Gasteiger partial charge in [-0.3, -0.25) is 14.2 Å². The molecule has 1 aromatic carbocycles. The number of aromatic hydroxyl groups is 1. The van der Waals surface area contributed by atoms with E-state index in [9.17, 15) is 20.0 Å². The van der Waals surface area contributed by atoms with Gasteiger partial charge >= 0.3 is 0 Å². The quantitative estimate of drug-likeness (QED) is 0.544. The summed E-state index contributed by atoms with van der Waals surface area (Å²) in [5.74, 6) is 1.63. The van der Waals surface area contributed by atoms with E-state index in [-0.39, 0.29) is 34.9 Å². The van der Waals surface area contributed by atoms with Gasteiger partial charge < -0.3 is 5.11 Å². The van der Waals surface area contributed by atoms with E-state index >= 15 is 0 Å². The molecule has 1 aromatic heterocycles. The van der Waals surface area contributed by atoms with Gasteiger partial charge in [0, 0.05) is 0 Å². The Bertz CT molecular complexity index is 1190. The van der Waals surface area contributed by atoms with Crippen LogP contribution in [0.4, 0.5) is 0 Å². The van der Waals surface area contributed by atoms with E-state index in [1.54, 1.807) is 6.92 Å². The molecule has 7 heteroatoms. The van der Waals surface area contributed by atoms with E-state index < -0.39 is 5.56 Å². The van der Waals surface area contributed by atoms with Gasteiger partial charge in [-0.25, -0.2) is 5.43 Å². The summed E-state index contributed by atoms with van der Waals surface area (Å²) in [5.41, 5.74) is 3.21. The average molecular weight is 445 g/mol. The SMILES string of the molecule is Cc1c(/C=N\NC(=O)C23CC4CC(CC(C4)C2)C3)c(O)n(Cc2ccccc2)c(=O)c1C#N. The molecule has 1 heterocycles. The summed E-state index contributed by atoms with van der Waals surface area (Å²) in [5, 5.41) is 24.6. The smallest absolute Gasteiger partial charge is 0.271 e. The molecule has 7 nitrogen and oxygen atoms in total. The predicted molar refractivity (Wildman–Crippen MR) is 124 cm³/mol. The van der Waals surface area contributed by atoms with Gasteiger partial charge in [0.05, 0.1) is 23.7 Å². The van der Waals surface area contributed by atoms with E-state index in [1.807, 2.05) is 36.4 Å². The van der Waals surface area contributed by atoms with Crippen LogP contribution in [0.1, 0.15) is 60.8 Å². The van der Waals surface area contributed by atoms with Crippen LogP contribution in [0.25, 0.3) is 0 Å². The number of rotatable bonds is 5. The fraction of sp³-hybridized carbons (Fsp3) is 0.462. The lowest BCUT2D eigenvalue weighted by atomic mass is 9.49. The molecule has 0 spiro atoms. The number of benzene rings is 1. The van der Waals surface area contributed by atoms with Crippen LogP contribution in [-0.2, 0) is 11.3 Å². The molecular weight excluding hydrogens is 416 g/mol. The van der Waals surface area contributed by atoms with Crippen molar-refractivity contribution in [1.82, 2.24) is 9.99 Å². The molecule has 170 valence electrons. The Kier molecular flexibility index (Phi) is 5.32. The molecule has 0 unspecified atom stereocenters. The zero-order chi connectivity index (χ0) is 23.2. The molecule has 4 aliphatic carbocycles. The van der Waals surface area contributed by atoms with Crippen molar-refractivity contribution in [3.05, 3.63) is 62.9 Å². The molecule has 0 saturated heterocycles. The number of aromatic nitrogens is 1. The van der Waals surface area contributed by atoms with Gasteiger partial charge in [0.25, 0.3) is 5.56 Å². The highest BCUT2D eigenvalue weighted by Crippen LogP contribution is 2.60. The Balaban J connectivity index is 1.41. The van der Waals surface area contributed by atoms with Crippen LogP contribution in [0.2, 0.25) is 0 Å². The first-order valence-electron chi connectivity index (χ1n) is 11.6. The van der Waals surface area contributed by atoms with E-state index in [0.717, 1.165) is 24.8 Å². The first-order valence-corrected chi connectivity index (χ1v) is 11.6. The van der Waals surface area contributed by atoms with Gasteiger partial charge in [-0.1, -0.05) is 30.3 Å². The molecule has 6 rings (SSSR count). The molecular formula is C26H28N4O3. The highest BCUT2D eigenvalue weighted by atomic mass is 16.3. The molecule has 2 N–H and O–H groups in total. The minimum absolute atomic E-state index is 0.0439. The lowest BCUT2D eigenvalue weighted by Gasteiger charge is -2.55. The summed E-state index contributed by atoms with van der Waals surface area (Å²) in [6, 6.07) is 11.2. The van der Waals surface area contributed by atoms with Crippen LogP contribution < -0.4 is 11.0 Å². The van der Waals surface area contributed by atoms with Crippen molar-refractivity contribution in [1.29, 1.82) is 5.26 Å². The fourth-order valence-electron chi connectivity index (χ4n) is 6.70. The molecule has 4 bridgehead atoms. The Morgan fingerprint density at radius 3 is 2.39 bits per heavy atom. The third kappa shape index (κ3) is 3.74. The van der Waals surface area contributed by atoms with Crippen LogP contribution in [0.5, 0.6) is 5.88 Å². The summed E-state index contributed by atoms with van der Waals surface area (Å²) < 4.78 is 1.17. The second kappa shape index (κ2) is 8.18. The fourth-order valence-corrected chi connectivity index (χ4v) is 6.70. The van der Waals surface area contributed by atoms with Crippen molar-refractivity contribution in [3.8, 4) is 11.9 Å². The number of carbonyl (C=O) groups excluding carboxylic acids is 1. The lowest BCUT2D eigenvalue weighted by molar-refractivity contribution is -0.146. The van der Waals surface area contributed by atoms with E-state index in [0.29, 0.717) is 23.3 Å². The van der Waals surface area contributed by atoms with Gasteiger partial charge in [-0.2, -0.15) is 10.4 Å². The van der Waals surface area contributed by atoms with Crippen molar-refractivity contribution < 1.29 is 9.90 Å². The maximum Gasteiger partial charge on any atom is 0.271 e. The van der Waals surface area contributed by atoms with E-state index in [1.165, 1.54) is 30.0 Å². The molecule has 33 heavy (non-hydrogen) atoms. The van der Waals surface area contributed by atoms with Gasteiger partial charge in [-0.15, -0.1) is 0 Å². The number of hydrogen-bond donors (Lipinski definition) is 2. The topological polar surface area (TPSA) is 107 Å². The van der Waals surface area contributed by atoms with Crippen molar-refractivity contribution in [2.24, 2.45) is 28.3 Å². The largest absolute Gasteiger partial charge is 0.494 e. The highest BCUT2D eigenvalue weighted by molar-refractivity contribution is 5.88. The molecule has 0 atom stereocenters. The standard InChI is InChI=1S/C26H28N4O3/c1-16-21(13-27)23(31)30(15-17-5-3-2-4-6-17)24(32)22(16)14-28-29-25(33)26-10-18-7-19(11-26)9-20(8-18)12-26/h2-6,14,18-20,32H,7-12,15H2,1H3,(H,29,33)/b28-14-. The van der Waals surface area contributed by atoms with Gasteiger partial charge in [0.2, 0.25) is 11.8 Å². The summed E-state index contributed by atoms with van der Waals surface area (Å²) in [7, 11) is 0. The number of pyridine rings is 1. The van der Waals surface area contributed by atoms with E-state index in [2.05, 4.69) is 10.5 Å². The van der Waals surface area contributed by atoms with Gasteiger partial charge in [0.15, 0.2) is 0 Å².